The highest BCUT2D eigenvalue weighted by Gasteiger charge is 2.17. The molecule has 0 atom stereocenters. The van der Waals surface area contributed by atoms with Gasteiger partial charge in [0.05, 0.1) is 18.2 Å². The van der Waals surface area contributed by atoms with Crippen molar-refractivity contribution in [2.45, 2.75) is 6.42 Å². The van der Waals surface area contributed by atoms with E-state index in [0.29, 0.717) is 28.4 Å². The van der Waals surface area contributed by atoms with Crippen LogP contribution >= 0.6 is 15.9 Å². The molecular formula is C23H17BrN2O5. The molecule has 1 aliphatic heterocycles. The first-order valence-corrected chi connectivity index (χ1v) is 10.1. The lowest BCUT2D eigenvalue weighted by Crippen LogP contribution is -2.19. The average molecular weight is 481 g/mol. The maximum Gasteiger partial charge on any atom is 0.343 e. The molecule has 31 heavy (non-hydrogen) atoms. The zero-order valence-corrected chi connectivity index (χ0v) is 17.8. The molecule has 1 aliphatic rings. The number of rotatable bonds is 6. The Balaban J connectivity index is 1.34. The topological polar surface area (TPSA) is 86.2 Å². The van der Waals surface area contributed by atoms with Gasteiger partial charge >= 0.3 is 5.97 Å². The van der Waals surface area contributed by atoms with E-state index in [1.807, 2.05) is 24.3 Å². The molecule has 4 rings (SSSR count). The molecule has 1 heterocycles. The van der Waals surface area contributed by atoms with Gasteiger partial charge in [-0.2, -0.15) is 5.10 Å². The fourth-order valence-corrected chi connectivity index (χ4v) is 3.12. The summed E-state index contributed by atoms with van der Waals surface area (Å²) in [5.74, 6) is 0.707. The molecular weight excluding hydrogens is 464 g/mol. The second-order valence-electron chi connectivity index (χ2n) is 6.63. The lowest BCUT2D eigenvalue weighted by atomic mass is 10.1. The van der Waals surface area contributed by atoms with Gasteiger partial charge in [-0.25, -0.2) is 10.2 Å². The molecule has 8 heteroatoms. The van der Waals surface area contributed by atoms with Crippen LogP contribution in [0, 0.1) is 0 Å². The molecule has 0 radical (unpaired) electrons. The van der Waals surface area contributed by atoms with Crippen molar-refractivity contribution in [3.63, 3.8) is 0 Å². The van der Waals surface area contributed by atoms with Gasteiger partial charge in [0.2, 0.25) is 12.7 Å². The van der Waals surface area contributed by atoms with E-state index in [-0.39, 0.29) is 19.1 Å². The molecule has 3 aromatic carbocycles. The van der Waals surface area contributed by atoms with Gasteiger partial charge in [0.15, 0.2) is 11.5 Å². The van der Waals surface area contributed by atoms with Gasteiger partial charge in [0, 0.05) is 4.47 Å². The molecule has 0 unspecified atom stereocenters. The van der Waals surface area contributed by atoms with Crippen molar-refractivity contribution in [3.05, 3.63) is 87.9 Å². The number of nitrogens with zero attached hydrogens (tertiary/aromatic N) is 1. The Labute approximate surface area is 186 Å². The minimum atomic E-state index is -0.518. The molecule has 0 fully saturated rings. The Morgan fingerprint density at radius 2 is 1.84 bits per heavy atom. The average Bonchev–Trinajstić information content (AvgIpc) is 3.23. The summed E-state index contributed by atoms with van der Waals surface area (Å²) in [5, 5.41) is 3.97. The van der Waals surface area contributed by atoms with E-state index < -0.39 is 5.97 Å². The molecule has 0 aromatic heterocycles. The van der Waals surface area contributed by atoms with Crippen molar-refractivity contribution in [1.29, 1.82) is 0 Å². The van der Waals surface area contributed by atoms with Crippen LogP contribution in [-0.2, 0) is 11.2 Å². The quantitative estimate of drug-likeness (QED) is 0.248. The van der Waals surface area contributed by atoms with Crippen LogP contribution in [-0.4, -0.2) is 24.9 Å². The molecule has 7 nitrogen and oxygen atoms in total. The molecule has 1 N–H and O–H groups in total. The van der Waals surface area contributed by atoms with Gasteiger partial charge < -0.3 is 14.2 Å². The molecule has 0 aliphatic carbocycles. The van der Waals surface area contributed by atoms with Crippen molar-refractivity contribution in [2.75, 3.05) is 6.79 Å². The minimum Gasteiger partial charge on any atom is -0.454 e. The Bertz CT molecular complexity index is 1140. The number of benzene rings is 3. The third-order valence-corrected chi connectivity index (χ3v) is 4.89. The van der Waals surface area contributed by atoms with E-state index in [4.69, 9.17) is 14.2 Å². The number of carbonyl (C=O) groups excluding carboxylic acids is 2. The smallest absolute Gasteiger partial charge is 0.343 e. The lowest BCUT2D eigenvalue weighted by molar-refractivity contribution is -0.120. The fourth-order valence-electron chi connectivity index (χ4n) is 2.85. The number of nitrogens with one attached hydrogen (secondary N) is 1. The molecule has 156 valence electrons. The summed E-state index contributed by atoms with van der Waals surface area (Å²) in [4.78, 5) is 24.4. The van der Waals surface area contributed by atoms with Crippen LogP contribution in [0.15, 0.2) is 76.3 Å². The monoisotopic (exact) mass is 480 g/mol. The Morgan fingerprint density at radius 1 is 1.03 bits per heavy atom. The predicted octanol–water partition coefficient (Wildman–Crippen LogP) is 4.09. The zero-order chi connectivity index (χ0) is 21.6. The molecule has 3 aromatic rings. The van der Waals surface area contributed by atoms with Crippen LogP contribution in [0.3, 0.4) is 0 Å². The number of hydrogen-bond donors (Lipinski definition) is 1. The number of ether oxygens (including phenoxy) is 3. The second-order valence-corrected chi connectivity index (χ2v) is 7.54. The fraction of sp³-hybridized carbons (Fsp3) is 0.0870. The maximum absolute atomic E-state index is 12.4. The highest BCUT2D eigenvalue weighted by atomic mass is 79.9. The van der Waals surface area contributed by atoms with Gasteiger partial charge in [-0.05, 0) is 53.6 Å². The highest BCUT2D eigenvalue weighted by molar-refractivity contribution is 9.10. The SMILES string of the molecule is O=C(Cc1ccc(Br)cc1)N/N=C/c1cccc(OC(=O)c2ccc3c(c2)OCO3)c1. The predicted molar refractivity (Wildman–Crippen MR) is 118 cm³/mol. The van der Waals surface area contributed by atoms with E-state index in [2.05, 4.69) is 26.5 Å². The summed E-state index contributed by atoms with van der Waals surface area (Å²) in [6, 6.07) is 19.2. The van der Waals surface area contributed by atoms with Gasteiger partial charge in [0.1, 0.15) is 5.75 Å². The summed E-state index contributed by atoms with van der Waals surface area (Å²) in [6.45, 7) is 0.134. The number of esters is 1. The highest BCUT2D eigenvalue weighted by Crippen LogP contribution is 2.32. The number of hydrazone groups is 1. The summed E-state index contributed by atoms with van der Waals surface area (Å²) in [7, 11) is 0. The van der Waals surface area contributed by atoms with Gasteiger partial charge in [-0.3, -0.25) is 4.79 Å². The molecule has 0 saturated heterocycles. The van der Waals surface area contributed by atoms with Crippen molar-refractivity contribution >= 4 is 34.0 Å². The van der Waals surface area contributed by atoms with Crippen LogP contribution < -0.4 is 19.6 Å². The van der Waals surface area contributed by atoms with Crippen molar-refractivity contribution in [3.8, 4) is 17.2 Å². The first-order valence-electron chi connectivity index (χ1n) is 9.35. The summed E-state index contributed by atoms with van der Waals surface area (Å²) < 4.78 is 16.9. The lowest BCUT2D eigenvalue weighted by Gasteiger charge is -2.06. The first-order chi connectivity index (χ1) is 15.1. The van der Waals surface area contributed by atoms with Crippen LogP contribution in [0.4, 0.5) is 0 Å². The van der Waals surface area contributed by atoms with Crippen molar-refractivity contribution in [1.82, 2.24) is 5.43 Å². The number of hydrogen-bond acceptors (Lipinski definition) is 6. The molecule has 0 bridgehead atoms. The number of carbonyl (C=O) groups is 2. The Morgan fingerprint density at radius 3 is 2.68 bits per heavy atom. The van der Waals surface area contributed by atoms with Crippen molar-refractivity contribution < 1.29 is 23.8 Å². The second kappa shape index (κ2) is 9.44. The minimum absolute atomic E-state index is 0.134. The van der Waals surface area contributed by atoms with E-state index in [9.17, 15) is 9.59 Å². The van der Waals surface area contributed by atoms with Crippen LogP contribution in [0.5, 0.6) is 17.2 Å². The largest absolute Gasteiger partial charge is 0.454 e. The summed E-state index contributed by atoms with van der Waals surface area (Å²) in [5.41, 5.74) is 4.39. The number of amides is 1. The third kappa shape index (κ3) is 5.49. The van der Waals surface area contributed by atoms with Crippen LogP contribution in [0.25, 0.3) is 0 Å². The molecule has 0 spiro atoms. The standard InChI is InChI=1S/C23H17BrN2O5/c24-18-7-4-15(5-8-18)11-22(27)26-25-13-16-2-1-3-19(10-16)31-23(28)17-6-9-20-21(12-17)30-14-29-20/h1-10,12-13H,11,14H2,(H,26,27)/b25-13+. The van der Waals surface area contributed by atoms with Gasteiger partial charge in [-0.15, -0.1) is 0 Å². The molecule has 1 amide bonds. The zero-order valence-electron chi connectivity index (χ0n) is 16.2. The first kappa shape index (κ1) is 20.6. The van der Waals surface area contributed by atoms with E-state index >= 15 is 0 Å². The van der Waals surface area contributed by atoms with E-state index in [1.54, 1.807) is 42.5 Å². The molecule has 0 saturated carbocycles. The Hall–Kier alpha value is -3.65. The van der Waals surface area contributed by atoms with Gasteiger partial charge in [0.25, 0.3) is 0 Å². The van der Waals surface area contributed by atoms with Crippen LogP contribution in [0.1, 0.15) is 21.5 Å². The third-order valence-electron chi connectivity index (χ3n) is 4.36. The summed E-state index contributed by atoms with van der Waals surface area (Å²) in [6.07, 6.45) is 1.70. The number of fused-ring (bicyclic) bond motifs is 1. The van der Waals surface area contributed by atoms with Gasteiger partial charge in [-0.1, -0.05) is 40.2 Å². The number of halogens is 1. The van der Waals surface area contributed by atoms with Crippen LogP contribution in [0.2, 0.25) is 0 Å². The Kier molecular flexibility index (Phi) is 6.28. The summed E-state index contributed by atoms with van der Waals surface area (Å²) >= 11 is 3.36. The van der Waals surface area contributed by atoms with E-state index in [0.717, 1.165) is 10.0 Å². The maximum atomic E-state index is 12.4. The van der Waals surface area contributed by atoms with Crippen molar-refractivity contribution in [2.24, 2.45) is 5.10 Å². The normalized spacial score (nSPS) is 12.0. The van der Waals surface area contributed by atoms with E-state index in [1.165, 1.54) is 6.21 Å².